The third-order valence-electron chi connectivity index (χ3n) is 3.03. The Labute approximate surface area is 111 Å². The summed E-state index contributed by atoms with van der Waals surface area (Å²) in [7, 11) is 0. The molecule has 2 rings (SSSR count). The van der Waals surface area contributed by atoms with Crippen molar-refractivity contribution >= 4 is 11.6 Å². The summed E-state index contributed by atoms with van der Waals surface area (Å²) in [5.41, 5.74) is 1.17. The second-order valence-corrected chi connectivity index (χ2v) is 4.39. The van der Waals surface area contributed by atoms with Crippen molar-refractivity contribution in [2.24, 2.45) is 0 Å². The summed E-state index contributed by atoms with van der Waals surface area (Å²) in [4.78, 5) is 12.1. The monoisotopic (exact) mass is 259 g/mol. The number of benzene rings is 1. The maximum absolute atomic E-state index is 13.5. The van der Waals surface area contributed by atoms with Gasteiger partial charge in [0.15, 0.2) is 11.9 Å². The summed E-state index contributed by atoms with van der Waals surface area (Å²) in [5.74, 6) is -0.678. The number of para-hydroxylation sites is 1. The number of halogens is 1. The van der Waals surface area contributed by atoms with Crippen molar-refractivity contribution in [1.29, 1.82) is 0 Å². The largest absolute Gasteiger partial charge is 0.318 e. The van der Waals surface area contributed by atoms with E-state index in [1.165, 1.54) is 6.07 Å². The molecule has 0 spiro atoms. The lowest BCUT2D eigenvalue weighted by molar-refractivity contribution is -0.711. The molecule has 1 aromatic carbocycles. The molecule has 0 saturated heterocycles. The molecule has 19 heavy (non-hydrogen) atoms. The minimum atomic E-state index is -0.433. The molecule has 4 heteroatoms. The Hall–Kier alpha value is -2.23. The van der Waals surface area contributed by atoms with Crippen LogP contribution in [0.15, 0.2) is 48.7 Å². The summed E-state index contributed by atoms with van der Waals surface area (Å²) in [6.45, 7) is 3.70. The van der Waals surface area contributed by atoms with Crippen LogP contribution < -0.4 is 9.88 Å². The van der Waals surface area contributed by atoms with Crippen molar-refractivity contribution in [3.63, 3.8) is 0 Å². The molecule has 2 aromatic rings. The molecule has 0 saturated carbocycles. The molecule has 0 aliphatic rings. The quantitative estimate of drug-likeness (QED) is 0.844. The number of carbonyl (C=O) groups excluding carboxylic acids is 1. The fraction of sp³-hybridized carbons (Fsp3) is 0.200. The number of pyridine rings is 1. The van der Waals surface area contributed by atoms with Crippen LogP contribution in [0.25, 0.3) is 0 Å². The van der Waals surface area contributed by atoms with Gasteiger partial charge in [0.2, 0.25) is 6.04 Å². The summed E-state index contributed by atoms with van der Waals surface area (Å²) in [6, 6.07) is 11.4. The van der Waals surface area contributed by atoms with Gasteiger partial charge in [0.1, 0.15) is 5.82 Å². The van der Waals surface area contributed by atoms with Gasteiger partial charge >= 0.3 is 0 Å². The van der Waals surface area contributed by atoms with Gasteiger partial charge in [-0.3, -0.25) is 4.79 Å². The standard InChI is InChI=1S/C15H15FN2O/c1-11-7-5-6-10-18(11)12(2)15(19)17-14-9-4-3-8-13(14)16/h3-10,12H,1-2H3/p+1/t12-/m0/s1. The molecule has 0 radical (unpaired) electrons. The number of aryl methyl sites for hydroxylation is 1. The zero-order valence-corrected chi connectivity index (χ0v) is 10.9. The molecule has 3 nitrogen and oxygen atoms in total. The van der Waals surface area contributed by atoms with Crippen LogP contribution in [-0.4, -0.2) is 5.91 Å². The van der Waals surface area contributed by atoms with Gasteiger partial charge in [0, 0.05) is 26.0 Å². The molecule has 1 N–H and O–H groups in total. The van der Waals surface area contributed by atoms with Crippen molar-refractivity contribution < 1.29 is 13.8 Å². The SMILES string of the molecule is Cc1cccc[n+]1[C@@H](C)C(=O)Nc1ccccc1F. The highest BCUT2D eigenvalue weighted by atomic mass is 19.1. The average Bonchev–Trinajstić information content (AvgIpc) is 2.41. The van der Waals surface area contributed by atoms with Crippen LogP contribution in [0.5, 0.6) is 0 Å². The molecular weight excluding hydrogens is 243 g/mol. The van der Waals surface area contributed by atoms with E-state index in [9.17, 15) is 9.18 Å². The molecule has 0 aliphatic heterocycles. The molecule has 1 aromatic heterocycles. The summed E-state index contributed by atoms with van der Waals surface area (Å²) >= 11 is 0. The third kappa shape index (κ3) is 2.96. The Balaban J connectivity index is 2.17. The predicted octanol–water partition coefficient (Wildman–Crippen LogP) is 2.62. The van der Waals surface area contributed by atoms with E-state index in [0.29, 0.717) is 0 Å². The Bertz CT molecular complexity index is 598. The number of hydrogen-bond donors (Lipinski definition) is 1. The van der Waals surface area contributed by atoms with Crippen LogP contribution in [0, 0.1) is 12.7 Å². The van der Waals surface area contributed by atoms with E-state index in [-0.39, 0.29) is 11.6 Å². The van der Waals surface area contributed by atoms with Crippen LogP contribution in [0.2, 0.25) is 0 Å². The lowest BCUT2D eigenvalue weighted by Crippen LogP contribution is -2.46. The van der Waals surface area contributed by atoms with E-state index in [1.807, 2.05) is 35.9 Å². The number of anilines is 1. The number of nitrogens with one attached hydrogen (secondary N) is 1. The highest BCUT2D eigenvalue weighted by Gasteiger charge is 2.24. The number of nitrogens with zero attached hydrogens (tertiary/aromatic N) is 1. The van der Waals surface area contributed by atoms with Crippen LogP contribution in [0.4, 0.5) is 10.1 Å². The highest BCUT2D eigenvalue weighted by Crippen LogP contribution is 2.13. The van der Waals surface area contributed by atoms with E-state index < -0.39 is 11.9 Å². The van der Waals surface area contributed by atoms with Crippen molar-refractivity contribution in [3.05, 3.63) is 60.2 Å². The van der Waals surface area contributed by atoms with Gasteiger partial charge in [-0.25, -0.2) is 4.39 Å². The number of carbonyl (C=O) groups is 1. The van der Waals surface area contributed by atoms with Crippen molar-refractivity contribution in [2.75, 3.05) is 5.32 Å². The smallest absolute Gasteiger partial charge is 0.293 e. The predicted molar refractivity (Wildman–Crippen MR) is 71.1 cm³/mol. The van der Waals surface area contributed by atoms with Gasteiger partial charge in [-0.1, -0.05) is 18.2 Å². The number of rotatable bonds is 3. The maximum atomic E-state index is 13.5. The second-order valence-electron chi connectivity index (χ2n) is 4.39. The normalized spacial score (nSPS) is 11.9. The van der Waals surface area contributed by atoms with Crippen molar-refractivity contribution in [2.45, 2.75) is 19.9 Å². The Morgan fingerprint density at radius 3 is 2.58 bits per heavy atom. The second kappa shape index (κ2) is 5.61. The molecule has 1 amide bonds. The van der Waals surface area contributed by atoms with Gasteiger partial charge in [-0.2, -0.15) is 4.57 Å². The number of aromatic nitrogens is 1. The topological polar surface area (TPSA) is 33.0 Å². The highest BCUT2D eigenvalue weighted by molar-refractivity contribution is 5.92. The summed E-state index contributed by atoms with van der Waals surface area (Å²) in [6.07, 6.45) is 1.83. The van der Waals surface area contributed by atoms with Gasteiger partial charge in [0.05, 0.1) is 5.69 Å². The van der Waals surface area contributed by atoms with Gasteiger partial charge < -0.3 is 5.32 Å². The molecule has 0 bridgehead atoms. The van der Waals surface area contributed by atoms with Gasteiger partial charge in [-0.05, 0) is 12.1 Å². The Morgan fingerprint density at radius 2 is 1.89 bits per heavy atom. The fourth-order valence-electron chi connectivity index (χ4n) is 1.90. The van der Waals surface area contributed by atoms with Gasteiger partial charge in [-0.15, -0.1) is 0 Å². The van der Waals surface area contributed by atoms with Gasteiger partial charge in [0.25, 0.3) is 5.91 Å². The molecule has 0 fully saturated rings. The van der Waals surface area contributed by atoms with Crippen LogP contribution in [-0.2, 0) is 4.79 Å². The van der Waals surface area contributed by atoms with E-state index >= 15 is 0 Å². The van der Waals surface area contributed by atoms with Crippen LogP contribution in [0.3, 0.4) is 0 Å². The van der Waals surface area contributed by atoms with Crippen molar-refractivity contribution in [3.8, 4) is 0 Å². The first-order chi connectivity index (χ1) is 9.09. The molecule has 1 atom stereocenters. The van der Waals surface area contributed by atoms with E-state index in [1.54, 1.807) is 25.1 Å². The van der Waals surface area contributed by atoms with Crippen molar-refractivity contribution in [1.82, 2.24) is 0 Å². The Kier molecular flexibility index (Phi) is 3.90. The Morgan fingerprint density at radius 1 is 1.21 bits per heavy atom. The molecule has 0 aliphatic carbocycles. The zero-order chi connectivity index (χ0) is 13.8. The summed E-state index contributed by atoms with van der Waals surface area (Å²) in [5, 5.41) is 2.60. The first-order valence-electron chi connectivity index (χ1n) is 6.12. The molecule has 98 valence electrons. The molecular formula is C15H16FN2O+. The van der Waals surface area contributed by atoms with Crippen LogP contribution >= 0.6 is 0 Å². The first kappa shape index (κ1) is 13.2. The first-order valence-corrected chi connectivity index (χ1v) is 6.12. The molecule has 0 unspecified atom stereocenters. The number of amides is 1. The third-order valence-corrected chi connectivity index (χ3v) is 3.03. The van der Waals surface area contributed by atoms with E-state index in [2.05, 4.69) is 5.32 Å². The lowest BCUT2D eigenvalue weighted by Gasteiger charge is -2.10. The van der Waals surface area contributed by atoms with E-state index in [4.69, 9.17) is 0 Å². The fourth-order valence-corrected chi connectivity index (χ4v) is 1.90. The average molecular weight is 259 g/mol. The summed E-state index contributed by atoms with van der Waals surface area (Å²) < 4.78 is 15.3. The minimum Gasteiger partial charge on any atom is -0.318 e. The molecule has 1 heterocycles. The minimum absolute atomic E-state index is 0.202. The maximum Gasteiger partial charge on any atom is 0.293 e. The van der Waals surface area contributed by atoms with Crippen LogP contribution in [0.1, 0.15) is 18.7 Å². The zero-order valence-electron chi connectivity index (χ0n) is 10.9. The lowest BCUT2D eigenvalue weighted by atomic mass is 10.2. The number of hydrogen-bond acceptors (Lipinski definition) is 1. The van der Waals surface area contributed by atoms with E-state index in [0.717, 1.165) is 5.69 Å².